The first-order valence-electron chi connectivity index (χ1n) is 16.8. The summed E-state index contributed by atoms with van der Waals surface area (Å²) in [5.74, 6) is 2.50. The van der Waals surface area contributed by atoms with Crippen LogP contribution in [-0.2, 0) is 12.8 Å². The van der Waals surface area contributed by atoms with E-state index in [9.17, 15) is 5.26 Å². The van der Waals surface area contributed by atoms with Gasteiger partial charge in [-0.3, -0.25) is 0 Å². The fourth-order valence-electron chi connectivity index (χ4n) is 5.88. The summed E-state index contributed by atoms with van der Waals surface area (Å²) < 4.78 is 12.3. The molecule has 2 aliphatic heterocycles. The molecule has 1 unspecified atom stereocenters. The van der Waals surface area contributed by atoms with Gasteiger partial charge in [-0.2, -0.15) is 10.2 Å². The molecule has 258 valence electrons. The van der Waals surface area contributed by atoms with E-state index in [4.69, 9.17) is 35.2 Å². The van der Waals surface area contributed by atoms with E-state index >= 15 is 0 Å². The summed E-state index contributed by atoms with van der Waals surface area (Å²) in [6.45, 7) is 8.85. The number of hydrogen-bond acceptors (Lipinski definition) is 12. The molecule has 5 rings (SSSR count). The molecule has 12 nitrogen and oxygen atoms in total. The van der Waals surface area contributed by atoms with Gasteiger partial charge >= 0.3 is 0 Å². The SMILES string of the molecule is CCCCc1c(-c2nc(OCC3CCCN3C)cc(N3CCCC3)n2)noc1-c1c(CC)ccc(N)c1C#N.CN(C)CCO.CO. The summed E-state index contributed by atoms with van der Waals surface area (Å²) in [6, 6.07) is 8.40. The van der Waals surface area contributed by atoms with Gasteiger partial charge in [-0.15, -0.1) is 0 Å². The van der Waals surface area contributed by atoms with E-state index in [0.29, 0.717) is 47.1 Å². The largest absolute Gasteiger partial charge is 0.476 e. The molecule has 3 aromatic rings. The van der Waals surface area contributed by atoms with Crippen LogP contribution in [0.1, 0.15) is 69.1 Å². The van der Waals surface area contributed by atoms with Crippen molar-refractivity contribution in [2.45, 2.75) is 71.3 Å². The second-order valence-corrected chi connectivity index (χ2v) is 12.2. The highest BCUT2D eigenvalue weighted by molar-refractivity contribution is 5.81. The lowest BCUT2D eigenvalue weighted by molar-refractivity contribution is 0.193. The fourth-order valence-corrected chi connectivity index (χ4v) is 5.88. The number of aryl methyl sites for hydroxylation is 1. The molecular weight excluding hydrogens is 596 g/mol. The lowest BCUT2D eigenvalue weighted by atomic mass is 9.92. The van der Waals surface area contributed by atoms with Crippen LogP contribution >= 0.6 is 0 Å². The van der Waals surface area contributed by atoms with Crippen molar-refractivity contribution in [1.82, 2.24) is 24.9 Å². The predicted molar refractivity (Wildman–Crippen MR) is 186 cm³/mol. The second-order valence-electron chi connectivity index (χ2n) is 12.2. The van der Waals surface area contributed by atoms with Crippen molar-refractivity contribution in [1.29, 1.82) is 5.26 Å². The Kier molecular flexibility index (Phi) is 15.4. The van der Waals surface area contributed by atoms with E-state index in [0.717, 1.165) is 101 Å². The van der Waals surface area contributed by atoms with E-state index in [1.807, 2.05) is 31.1 Å². The van der Waals surface area contributed by atoms with Crippen LogP contribution in [0.2, 0.25) is 0 Å². The molecule has 0 aliphatic carbocycles. The molecule has 2 saturated heterocycles. The van der Waals surface area contributed by atoms with Crippen molar-refractivity contribution in [3.8, 4) is 34.8 Å². The van der Waals surface area contributed by atoms with Gasteiger partial charge in [0.1, 0.15) is 18.5 Å². The molecule has 4 N–H and O–H groups in total. The summed E-state index contributed by atoms with van der Waals surface area (Å²) in [5, 5.41) is 29.7. The predicted octanol–water partition coefficient (Wildman–Crippen LogP) is 4.38. The van der Waals surface area contributed by atoms with Gasteiger partial charge in [0.25, 0.3) is 0 Å². The molecule has 0 saturated carbocycles. The zero-order chi connectivity index (χ0) is 34.3. The van der Waals surface area contributed by atoms with Crippen LogP contribution in [0.5, 0.6) is 5.88 Å². The van der Waals surface area contributed by atoms with Gasteiger partial charge < -0.3 is 39.9 Å². The number of ether oxygens (including phenoxy) is 1. The number of nitrogens with two attached hydrogens (primary N) is 1. The third-order valence-corrected chi connectivity index (χ3v) is 8.59. The van der Waals surface area contributed by atoms with E-state index in [1.54, 1.807) is 6.07 Å². The first kappa shape index (κ1) is 37.7. The minimum atomic E-state index is 0.257. The van der Waals surface area contributed by atoms with E-state index in [1.165, 1.54) is 6.42 Å². The number of likely N-dealkylation sites (tertiary alicyclic amines) is 1. The van der Waals surface area contributed by atoms with Crippen LogP contribution in [-0.4, -0.2) is 109 Å². The normalized spacial score (nSPS) is 16.0. The van der Waals surface area contributed by atoms with Gasteiger partial charge in [-0.05, 0) is 84.3 Å². The smallest absolute Gasteiger partial charge is 0.219 e. The number of anilines is 2. The maximum Gasteiger partial charge on any atom is 0.219 e. The molecule has 1 aromatic carbocycles. The summed E-state index contributed by atoms with van der Waals surface area (Å²) in [5.41, 5.74) is 10.3. The summed E-state index contributed by atoms with van der Waals surface area (Å²) in [7, 11) is 7.00. The lowest BCUT2D eigenvalue weighted by Gasteiger charge is -2.21. The number of nitrogen functional groups attached to an aromatic ring is 1. The highest BCUT2D eigenvalue weighted by Gasteiger charge is 2.28. The molecule has 4 heterocycles. The van der Waals surface area contributed by atoms with E-state index in [2.05, 4.69) is 41.9 Å². The van der Waals surface area contributed by atoms with Crippen molar-refractivity contribution in [3.63, 3.8) is 0 Å². The van der Waals surface area contributed by atoms with Gasteiger partial charge in [0.15, 0.2) is 17.3 Å². The number of benzene rings is 1. The molecule has 0 amide bonds. The topological polar surface area (TPSA) is 161 Å². The summed E-state index contributed by atoms with van der Waals surface area (Å²) >= 11 is 0. The maximum atomic E-state index is 9.99. The van der Waals surface area contributed by atoms with Crippen LogP contribution in [0.3, 0.4) is 0 Å². The number of hydrogen-bond donors (Lipinski definition) is 3. The number of likely N-dealkylation sites (N-methyl/N-ethyl adjacent to an activating group) is 2. The van der Waals surface area contributed by atoms with E-state index < -0.39 is 0 Å². The highest BCUT2D eigenvalue weighted by atomic mass is 16.5. The third kappa shape index (κ3) is 9.87. The summed E-state index contributed by atoms with van der Waals surface area (Å²) in [4.78, 5) is 16.4. The van der Waals surface area contributed by atoms with Crippen LogP contribution < -0.4 is 15.4 Å². The van der Waals surface area contributed by atoms with Crippen LogP contribution in [0.25, 0.3) is 22.8 Å². The average Bonchev–Trinajstić information content (AvgIpc) is 3.85. The van der Waals surface area contributed by atoms with Crippen molar-refractivity contribution in [2.24, 2.45) is 0 Å². The number of rotatable bonds is 12. The number of aliphatic hydroxyl groups excluding tert-OH is 2. The van der Waals surface area contributed by atoms with E-state index in [-0.39, 0.29) is 6.61 Å². The molecule has 0 spiro atoms. The highest BCUT2D eigenvalue weighted by Crippen LogP contribution is 2.39. The Morgan fingerprint density at radius 2 is 1.87 bits per heavy atom. The Balaban J connectivity index is 0.000000676. The lowest BCUT2D eigenvalue weighted by Crippen LogP contribution is -2.30. The first-order valence-corrected chi connectivity index (χ1v) is 16.8. The molecule has 12 heteroatoms. The summed E-state index contributed by atoms with van der Waals surface area (Å²) in [6.07, 6.45) is 8.02. The second kappa shape index (κ2) is 19.2. The van der Waals surface area contributed by atoms with Crippen LogP contribution in [0, 0.1) is 11.3 Å². The molecule has 0 bridgehead atoms. The number of nitriles is 1. The Morgan fingerprint density at radius 1 is 1.13 bits per heavy atom. The fraction of sp³-hybridized carbons (Fsp3) is 0.600. The van der Waals surface area contributed by atoms with Crippen molar-refractivity contribution in [2.75, 3.05) is 78.3 Å². The Morgan fingerprint density at radius 3 is 2.45 bits per heavy atom. The van der Waals surface area contributed by atoms with Gasteiger partial charge in [-0.25, -0.2) is 4.98 Å². The van der Waals surface area contributed by atoms with Gasteiger partial charge in [0.05, 0.1) is 17.9 Å². The molecule has 2 aliphatic rings. The van der Waals surface area contributed by atoms with Gasteiger partial charge in [0, 0.05) is 50.0 Å². The van der Waals surface area contributed by atoms with Crippen LogP contribution in [0.15, 0.2) is 22.7 Å². The first-order chi connectivity index (χ1) is 22.8. The van der Waals surface area contributed by atoms with Crippen LogP contribution in [0.4, 0.5) is 11.5 Å². The third-order valence-electron chi connectivity index (χ3n) is 8.59. The Hall–Kier alpha value is -3.76. The quantitative estimate of drug-likeness (QED) is 0.238. The average molecular weight is 651 g/mol. The van der Waals surface area contributed by atoms with Crippen molar-refractivity contribution >= 4 is 11.5 Å². The molecule has 47 heavy (non-hydrogen) atoms. The molecular formula is C35H54N8O4. The number of aromatic nitrogens is 3. The van der Waals surface area contributed by atoms with Gasteiger partial charge in [0.2, 0.25) is 5.88 Å². The minimum Gasteiger partial charge on any atom is -0.476 e. The zero-order valence-corrected chi connectivity index (χ0v) is 29.1. The number of nitrogens with zero attached hydrogens (tertiary/aromatic N) is 7. The zero-order valence-electron chi connectivity index (χ0n) is 29.1. The number of aliphatic hydroxyl groups is 2. The number of unbranched alkanes of at least 4 members (excludes halogenated alkanes) is 1. The standard InChI is InChI=1S/C30H39N7O2.C4H11NO.CH4O/c1-4-6-11-22-28(35-39-29(22)27-20(5-2)12-13-24(32)23(27)18-31)30-33-25(37-15-7-8-16-37)17-26(34-30)38-19-21-10-9-14-36(21)3;1-5(2)3-4-6;1-2/h12-13,17,21H,4-11,14-16,19,32H2,1-3H3;6H,3-4H2,1-2H3;2H,1H3. The van der Waals surface area contributed by atoms with Crippen molar-refractivity contribution in [3.05, 3.63) is 34.9 Å². The van der Waals surface area contributed by atoms with Crippen molar-refractivity contribution < 1.29 is 19.5 Å². The molecule has 2 fully saturated rings. The monoisotopic (exact) mass is 650 g/mol. The maximum absolute atomic E-state index is 9.99. The molecule has 0 radical (unpaired) electrons. The molecule has 2 aromatic heterocycles. The Labute approximate surface area is 280 Å². The molecule has 1 atom stereocenters. The minimum absolute atomic E-state index is 0.257. The van der Waals surface area contributed by atoms with Gasteiger partial charge in [-0.1, -0.05) is 31.5 Å². The Bertz CT molecular complexity index is 1430.